The number of anilines is 1. The highest BCUT2D eigenvalue weighted by molar-refractivity contribution is 9.10. The maximum absolute atomic E-state index is 6.62. The molecule has 0 spiro atoms. The summed E-state index contributed by atoms with van der Waals surface area (Å²) in [6, 6.07) is 26.5. The zero-order valence-electron chi connectivity index (χ0n) is 17.2. The van der Waals surface area contributed by atoms with Gasteiger partial charge in [-0.05, 0) is 65.2 Å². The molecular formula is C26H23BrClNO2. The lowest BCUT2D eigenvalue weighted by atomic mass is 10.1. The van der Waals surface area contributed by atoms with Crippen LogP contribution in [0, 0.1) is 0 Å². The van der Waals surface area contributed by atoms with Crippen molar-refractivity contribution in [1.82, 2.24) is 0 Å². The maximum atomic E-state index is 6.62. The van der Waals surface area contributed by atoms with Crippen molar-refractivity contribution in [3.8, 4) is 11.5 Å². The highest BCUT2D eigenvalue weighted by Gasteiger charge is 2.14. The highest BCUT2D eigenvalue weighted by Crippen LogP contribution is 2.38. The molecule has 0 aliphatic rings. The molecule has 0 aliphatic heterocycles. The first-order valence-electron chi connectivity index (χ1n) is 10.2. The quantitative estimate of drug-likeness (QED) is 0.269. The Kier molecular flexibility index (Phi) is 7.00. The van der Waals surface area contributed by atoms with E-state index in [4.69, 9.17) is 21.1 Å². The van der Waals surface area contributed by atoms with E-state index in [-0.39, 0.29) is 0 Å². The summed E-state index contributed by atoms with van der Waals surface area (Å²) in [4.78, 5) is 0. The van der Waals surface area contributed by atoms with Crippen LogP contribution in [0.25, 0.3) is 10.8 Å². The monoisotopic (exact) mass is 495 g/mol. The van der Waals surface area contributed by atoms with Crippen LogP contribution in [0.5, 0.6) is 11.5 Å². The fourth-order valence-electron chi connectivity index (χ4n) is 3.47. The minimum Gasteiger partial charge on any atom is -0.490 e. The highest BCUT2D eigenvalue weighted by atomic mass is 79.9. The van der Waals surface area contributed by atoms with Gasteiger partial charge in [0.2, 0.25) is 0 Å². The molecule has 0 heterocycles. The number of hydrogen-bond acceptors (Lipinski definition) is 3. The molecule has 4 rings (SSSR count). The molecule has 0 radical (unpaired) electrons. The van der Waals surface area contributed by atoms with Gasteiger partial charge in [-0.2, -0.15) is 0 Å². The van der Waals surface area contributed by atoms with Crippen molar-refractivity contribution in [2.24, 2.45) is 0 Å². The van der Waals surface area contributed by atoms with Crippen LogP contribution in [0.3, 0.4) is 0 Å². The normalized spacial score (nSPS) is 10.8. The number of ether oxygens (including phenoxy) is 2. The largest absolute Gasteiger partial charge is 0.490 e. The second-order valence-electron chi connectivity index (χ2n) is 7.13. The van der Waals surface area contributed by atoms with Gasteiger partial charge in [0.05, 0.1) is 11.6 Å². The molecule has 4 aromatic carbocycles. The standard InChI is InChI=1S/C26H23BrClNO2/c1-2-30-25-15-18(16-29-22-12-10-21(27)11-13-22)14-24(28)26(25)31-17-20-8-5-7-19-6-3-4-9-23(19)20/h3-15,29H,2,16-17H2,1H3. The Morgan fingerprint density at radius 2 is 1.68 bits per heavy atom. The van der Waals surface area contributed by atoms with Gasteiger partial charge in [-0.1, -0.05) is 70.0 Å². The molecule has 3 nitrogen and oxygen atoms in total. The summed E-state index contributed by atoms with van der Waals surface area (Å²) in [6.07, 6.45) is 0. The molecule has 0 fully saturated rings. The summed E-state index contributed by atoms with van der Waals surface area (Å²) in [5.41, 5.74) is 3.17. The molecule has 0 aromatic heterocycles. The van der Waals surface area contributed by atoms with Crippen molar-refractivity contribution >= 4 is 44.0 Å². The number of nitrogens with one attached hydrogen (secondary N) is 1. The summed E-state index contributed by atoms with van der Waals surface area (Å²) in [7, 11) is 0. The molecular weight excluding hydrogens is 474 g/mol. The van der Waals surface area contributed by atoms with E-state index in [1.165, 1.54) is 10.8 Å². The van der Waals surface area contributed by atoms with E-state index in [2.05, 4.69) is 45.5 Å². The smallest absolute Gasteiger partial charge is 0.180 e. The number of halogens is 2. The van der Waals surface area contributed by atoms with Gasteiger partial charge < -0.3 is 14.8 Å². The van der Waals surface area contributed by atoms with E-state index in [1.807, 2.05) is 61.5 Å². The maximum Gasteiger partial charge on any atom is 0.180 e. The Labute approximate surface area is 196 Å². The van der Waals surface area contributed by atoms with E-state index in [9.17, 15) is 0 Å². The fourth-order valence-corrected chi connectivity index (χ4v) is 4.02. The van der Waals surface area contributed by atoms with E-state index in [0.717, 1.165) is 21.3 Å². The van der Waals surface area contributed by atoms with Crippen LogP contribution >= 0.6 is 27.5 Å². The van der Waals surface area contributed by atoms with Crippen molar-refractivity contribution in [3.05, 3.63) is 99.5 Å². The lowest BCUT2D eigenvalue weighted by molar-refractivity contribution is 0.270. The molecule has 4 aromatic rings. The molecule has 31 heavy (non-hydrogen) atoms. The van der Waals surface area contributed by atoms with Gasteiger partial charge in [0, 0.05) is 16.7 Å². The molecule has 0 aliphatic carbocycles. The molecule has 0 atom stereocenters. The van der Waals surface area contributed by atoms with Crippen LogP contribution in [0.1, 0.15) is 18.1 Å². The Morgan fingerprint density at radius 3 is 2.48 bits per heavy atom. The molecule has 0 saturated carbocycles. The number of fused-ring (bicyclic) bond motifs is 1. The van der Waals surface area contributed by atoms with Crippen molar-refractivity contribution in [3.63, 3.8) is 0 Å². The molecule has 0 unspecified atom stereocenters. The van der Waals surface area contributed by atoms with E-state index in [1.54, 1.807) is 0 Å². The number of hydrogen-bond donors (Lipinski definition) is 1. The van der Waals surface area contributed by atoms with E-state index in [0.29, 0.717) is 36.3 Å². The van der Waals surface area contributed by atoms with Gasteiger partial charge in [-0.25, -0.2) is 0 Å². The third-order valence-corrected chi connectivity index (χ3v) is 5.77. The van der Waals surface area contributed by atoms with Crippen molar-refractivity contribution in [2.75, 3.05) is 11.9 Å². The van der Waals surface area contributed by atoms with Crippen LogP contribution in [0.2, 0.25) is 5.02 Å². The van der Waals surface area contributed by atoms with Gasteiger partial charge in [0.1, 0.15) is 6.61 Å². The van der Waals surface area contributed by atoms with Crippen LogP contribution in [0.15, 0.2) is 83.3 Å². The van der Waals surface area contributed by atoms with Crippen molar-refractivity contribution < 1.29 is 9.47 Å². The second-order valence-corrected chi connectivity index (χ2v) is 8.45. The van der Waals surface area contributed by atoms with Gasteiger partial charge >= 0.3 is 0 Å². The molecule has 5 heteroatoms. The SMILES string of the molecule is CCOc1cc(CNc2ccc(Br)cc2)cc(Cl)c1OCc1cccc2ccccc12. The number of rotatable bonds is 8. The zero-order valence-corrected chi connectivity index (χ0v) is 19.5. The van der Waals surface area contributed by atoms with Gasteiger partial charge in [-0.15, -0.1) is 0 Å². The fraction of sp³-hybridized carbons (Fsp3) is 0.154. The van der Waals surface area contributed by atoms with Gasteiger partial charge in [0.25, 0.3) is 0 Å². The van der Waals surface area contributed by atoms with Crippen LogP contribution in [0.4, 0.5) is 5.69 Å². The third kappa shape index (κ3) is 5.33. The minimum atomic E-state index is 0.414. The summed E-state index contributed by atoms with van der Waals surface area (Å²) >= 11 is 10.1. The first kappa shape index (κ1) is 21.5. The first-order chi connectivity index (χ1) is 15.1. The molecule has 0 bridgehead atoms. The zero-order chi connectivity index (χ0) is 21.6. The molecule has 158 valence electrons. The summed E-state index contributed by atoms with van der Waals surface area (Å²) in [5.74, 6) is 1.23. The molecule has 0 saturated heterocycles. The van der Waals surface area contributed by atoms with Crippen LogP contribution < -0.4 is 14.8 Å². The summed E-state index contributed by atoms with van der Waals surface area (Å²) in [5, 5.41) is 6.31. The third-order valence-electron chi connectivity index (χ3n) is 4.96. The number of benzene rings is 4. The Balaban J connectivity index is 1.53. The van der Waals surface area contributed by atoms with Gasteiger partial charge in [-0.3, -0.25) is 0 Å². The average Bonchev–Trinajstić information content (AvgIpc) is 2.78. The Bertz CT molecular complexity index is 1170. The lowest BCUT2D eigenvalue weighted by Crippen LogP contribution is -2.04. The van der Waals surface area contributed by atoms with Gasteiger partial charge in [0.15, 0.2) is 11.5 Å². The topological polar surface area (TPSA) is 30.5 Å². The summed E-state index contributed by atoms with van der Waals surface area (Å²) < 4.78 is 13.1. The van der Waals surface area contributed by atoms with E-state index < -0.39 is 0 Å². The average molecular weight is 497 g/mol. The lowest BCUT2D eigenvalue weighted by Gasteiger charge is -2.16. The van der Waals surface area contributed by atoms with Crippen molar-refractivity contribution in [2.45, 2.75) is 20.1 Å². The van der Waals surface area contributed by atoms with Crippen LogP contribution in [-0.4, -0.2) is 6.61 Å². The molecule has 1 N–H and O–H groups in total. The second kappa shape index (κ2) is 10.1. The summed E-state index contributed by atoms with van der Waals surface area (Å²) in [6.45, 7) is 3.53. The Hall–Kier alpha value is -2.69. The predicted octanol–water partition coefficient (Wildman–Crippen LogP) is 7.85. The van der Waals surface area contributed by atoms with Crippen LogP contribution in [-0.2, 0) is 13.2 Å². The van der Waals surface area contributed by atoms with E-state index >= 15 is 0 Å². The molecule has 0 amide bonds. The van der Waals surface area contributed by atoms with Crippen molar-refractivity contribution in [1.29, 1.82) is 0 Å². The first-order valence-corrected chi connectivity index (χ1v) is 11.3. The minimum absolute atomic E-state index is 0.414. The Morgan fingerprint density at radius 1 is 0.903 bits per heavy atom. The predicted molar refractivity (Wildman–Crippen MR) is 132 cm³/mol.